The van der Waals surface area contributed by atoms with Crippen LogP contribution in [0.25, 0.3) is 0 Å². The molecule has 0 bridgehead atoms. The molecule has 2 heterocycles. The molecule has 1 saturated heterocycles. The number of nitrogens with one attached hydrogen (secondary N) is 1. The largest absolute Gasteiger partial charge is 0.317 e. The average molecular weight is 253 g/mol. The highest BCUT2D eigenvalue weighted by atomic mass is 32.1. The van der Waals surface area contributed by atoms with Crippen molar-refractivity contribution in [3.63, 3.8) is 0 Å². The molecule has 0 saturated carbocycles. The third-order valence-corrected chi connectivity index (χ3v) is 4.84. The maximum absolute atomic E-state index is 4.36. The molecule has 1 aromatic rings. The van der Waals surface area contributed by atoms with Crippen LogP contribution in [0.1, 0.15) is 26.0 Å². The number of likely N-dealkylation sites (tertiary alicyclic amines) is 1. The first-order valence-corrected chi connectivity index (χ1v) is 7.45. The summed E-state index contributed by atoms with van der Waals surface area (Å²) in [5.41, 5.74) is 3.17. The molecular weight excluding hydrogens is 230 g/mol. The Kier molecular flexibility index (Phi) is 4.54. The van der Waals surface area contributed by atoms with Gasteiger partial charge in [0, 0.05) is 30.4 Å². The van der Waals surface area contributed by atoms with E-state index in [0.717, 1.165) is 18.9 Å². The van der Waals surface area contributed by atoms with Crippen molar-refractivity contribution in [3.8, 4) is 0 Å². The van der Waals surface area contributed by atoms with Crippen molar-refractivity contribution in [3.05, 3.63) is 16.6 Å². The number of nitrogens with zero attached hydrogens (tertiary/aromatic N) is 2. The van der Waals surface area contributed by atoms with Gasteiger partial charge in [0.15, 0.2) is 0 Å². The van der Waals surface area contributed by atoms with Crippen molar-refractivity contribution < 1.29 is 0 Å². The molecule has 96 valence electrons. The maximum Gasteiger partial charge on any atom is 0.0794 e. The van der Waals surface area contributed by atoms with E-state index in [4.69, 9.17) is 0 Å². The first-order valence-electron chi connectivity index (χ1n) is 6.50. The molecule has 3 unspecified atom stereocenters. The summed E-state index contributed by atoms with van der Waals surface area (Å²) in [5.74, 6) is 0.726. The molecule has 1 aliphatic heterocycles. The summed E-state index contributed by atoms with van der Waals surface area (Å²) in [4.78, 5) is 6.96. The molecule has 3 atom stereocenters. The highest BCUT2D eigenvalue weighted by Gasteiger charge is 2.30. The molecule has 1 aromatic heterocycles. The van der Waals surface area contributed by atoms with Gasteiger partial charge in [-0.15, -0.1) is 11.3 Å². The predicted octanol–water partition coefficient (Wildman–Crippen LogP) is 2.00. The van der Waals surface area contributed by atoms with Crippen molar-refractivity contribution in [1.29, 1.82) is 0 Å². The van der Waals surface area contributed by atoms with Crippen molar-refractivity contribution in [2.24, 2.45) is 5.92 Å². The lowest BCUT2D eigenvalue weighted by atomic mass is 9.87. The number of rotatable bonds is 4. The Hall–Kier alpha value is -0.450. The zero-order chi connectivity index (χ0) is 12.3. The Morgan fingerprint density at radius 3 is 3.00 bits per heavy atom. The molecule has 4 heteroatoms. The molecule has 0 spiro atoms. The molecule has 17 heavy (non-hydrogen) atoms. The summed E-state index contributed by atoms with van der Waals surface area (Å²) in [6.45, 7) is 7.07. The monoisotopic (exact) mass is 253 g/mol. The van der Waals surface area contributed by atoms with Gasteiger partial charge in [0.05, 0.1) is 11.2 Å². The molecule has 1 N–H and O–H groups in total. The summed E-state index contributed by atoms with van der Waals surface area (Å²) in [5, 5.41) is 5.60. The minimum Gasteiger partial charge on any atom is -0.317 e. The van der Waals surface area contributed by atoms with Crippen molar-refractivity contribution in [1.82, 2.24) is 15.2 Å². The quantitative estimate of drug-likeness (QED) is 0.889. The van der Waals surface area contributed by atoms with Crippen LogP contribution in [-0.4, -0.2) is 42.1 Å². The summed E-state index contributed by atoms with van der Waals surface area (Å²) < 4.78 is 0. The van der Waals surface area contributed by atoms with E-state index in [1.165, 1.54) is 18.7 Å². The van der Waals surface area contributed by atoms with Gasteiger partial charge < -0.3 is 5.32 Å². The summed E-state index contributed by atoms with van der Waals surface area (Å²) in [7, 11) is 2.08. The second-order valence-corrected chi connectivity index (χ2v) is 5.77. The van der Waals surface area contributed by atoms with E-state index in [0.29, 0.717) is 12.1 Å². The van der Waals surface area contributed by atoms with Crippen LogP contribution < -0.4 is 5.32 Å². The van der Waals surface area contributed by atoms with Crippen LogP contribution in [0, 0.1) is 5.92 Å². The van der Waals surface area contributed by atoms with Crippen molar-refractivity contribution in [2.45, 2.75) is 38.8 Å². The minimum atomic E-state index is 0.667. The highest BCUT2D eigenvalue weighted by Crippen LogP contribution is 2.23. The molecule has 0 aliphatic carbocycles. The molecule has 1 aliphatic rings. The van der Waals surface area contributed by atoms with Crippen molar-refractivity contribution in [2.75, 3.05) is 20.1 Å². The Labute approximate surface area is 108 Å². The molecule has 3 nitrogen and oxygen atoms in total. The average Bonchev–Trinajstić information content (AvgIpc) is 2.84. The Balaban J connectivity index is 1.85. The van der Waals surface area contributed by atoms with E-state index in [-0.39, 0.29) is 0 Å². The van der Waals surface area contributed by atoms with E-state index in [1.807, 2.05) is 5.51 Å². The fourth-order valence-corrected chi connectivity index (χ4v) is 3.37. The van der Waals surface area contributed by atoms with Gasteiger partial charge in [-0.25, -0.2) is 4.98 Å². The van der Waals surface area contributed by atoms with Gasteiger partial charge in [-0.05, 0) is 32.9 Å². The molecule has 2 rings (SSSR count). The van der Waals surface area contributed by atoms with Gasteiger partial charge in [0.25, 0.3) is 0 Å². The smallest absolute Gasteiger partial charge is 0.0794 e. The lowest BCUT2D eigenvalue weighted by molar-refractivity contribution is 0.0887. The van der Waals surface area contributed by atoms with E-state index < -0.39 is 0 Å². The molecule has 0 amide bonds. The van der Waals surface area contributed by atoms with Gasteiger partial charge >= 0.3 is 0 Å². The molecule has 0 aromatic carbocycles. The van der Waals surface area contributed by atoms with Crippen LogP contribution in [0.15, 0.2) is 10.9 Å². The summed E-state index contributed by atoms with van der Waals surface area (Å²) >= 11 is 1.69. The summed E-state index contributed by atoms with van der Waals surface area (Å²) in [6.07, 6.45) is 2.35. The van der Waals surface area contributed by atoms with Crippen LogP contribution in [0.4, 0.5) is 0 Å². The highest BCUT2D eigenvalue weighted by molar-refractivity contribution is 7.07. The fraction of sp³-hybridized carbons (Fsp3) is 0.769. The van der Waals surface area contributed by atoms with Gasteiger partial charge in [-0.1, -0.05) is 6.92 Å². The fourth-order valence-electron chi connectivity index (χ4n) is 2.78. The van der Waals surface area contributed by atoms with E-state index in [9.17, 15) is 0 Å². The minimum absolute atomic E-state index is 0.667. The lowest BCUT2D eigenvalue weighted by Crippen LogP contribution is -2.53. The molecular formula is C13H23N3S. The predicted molar refractivity (Wildman–Crippen MR) is 73.5 cm³/mol. The number of hydrogen-bond donors (Lipinski definition) is 1. The number of hydrogen-bond acceptors (Lipinski definition) is 4. The summed E-state index contributed by atoms with van der Waals surface area (Å²) in [6, 6.07) is 1.35. The van der Waals surface area contributed by atoms with Crippen LogP contribution in [-0.2, 0) is 6.42 Å². The lowest BCUT2D eigenvalue weighted by Gasteiger charge is -2.42. The molecule has 0 radical (unpaired) electrons. The van der Waals surface area contributed by atoms with Crippen LogP contribution in [0.5, 0.6) is 0 Å². The standard InChI is InChI=1S/C13H23N3S/c1-10-11(2)16(7-5-13(10)14-3)6-4-12-8-17-9-15-12/h8-11,13-14H,4-7H2,1-3H3. The first-order chi connectivity index (χ1) is 8.22. The van der Waals surface area contributed by atoms with Gasteiger partial charge in [0.2, 0.25) is 0 Å². The van der Waals surface area contributed by atoms with Crippen LogP contribution >= 0.6 is 11.3 Å². The zero-order valence-electron chi connectivity index (χ0n) is 11.0. The Morgan fingerprint density at radius 1 is 1.53 bits per heavy atom. The van der Waals surface area contributed by atoms with E-state index in [1.54, 1.807) is 11.3 Å². The zero-order valence-corrected chi connectivity index (χ0v) is 11.8. The Bertz CT molecular complexity index is 325. The Morgan fingerprint density at radius 2 is 2.35 bits per heavy atom. The van der Waals surface area contributed by atoms with Gasteiger partial charge in [-0.2, -0.15) is 0 Å². The second kappa shape index (κ2) is 5.94. The third-order valence-electron chi connectivity index (χ3n) is 4.21. The third kappa shape index (κ3) is 3.06. The topological polar surface area (TPSA) is 28.2 Å². The van der Waals surface area contributed by atoms with E-state index in [2.05, 4.69) is 41.5 Å². The molecule has 1 fully saturated rings. The van der Waals surface area contributed by atoms with E-state index >= 15 is 0 Å². The SMILES string of the molecule is CNC1CCN(CCc2cscn2)C(C)C1C. The van der Waals surface area contributed by atoms with Crippen LogP contribution in [0.3, 0.4) is 0 Å². The van der Waals surface area contributed by atoms with Crippen LogP contribution in [0.2, 0.25) is 0 Å². The first kappa shape index (κ1) is 13.0. The maximum atomic E-state index is 4.36. The second-order valence-electron chi connectivity index (χ2n) is 5.05. The van der Waals surface area contributed by atoms with Gasteiger partial charge in [-0.3, -0.25) is 4.90 Å². The number of aromatic nitrogens is 1. The normalized spacial score (nSPS) is 30.6. The van der Waals surface area contributed by atoms with Gasteiger partial charge in [0.1, 0.15) is 0 Å². The number of piperidine rings is 1. The van der Waals surface area contributed by atoms with Crippen molar-refractivity contribution >= 4 is 11.3 Å². The number of thiazole rings is 1.